The average molecular weight is 518 g/mol. The van der Waals surface area contributed by atoms with Crippen molar-refractivity contribution in [1.29, 1.82) is 0 Å². The third-order valence-corrected chi connectivity index (χ3v) is 6.25. The van der Waals surface area contributed by atoms with Crippen molar-refractivity contribution in [2.75, 3.05) is 19.1 Å². The summed E-state index contributed by atoms with van der Waals surface area (Å²) in [6.07, 6.45) is 1.79. The number of aromatic nitrogens is 6. The summed E-state index contributed by atoms with van der Waals surface area (Å²) in [5.74, 6) is 1.77. The maximum absolute atomic E-state index is 13.0. The maximum atomic E-state index is 13.0. The topological polar surface area (TPSA) is 73.9 Å². The summed E-state index contributed by atoms with van der Waals surface area (Å²) in [6, 6.07) is 7.51. The van der Waals surface area contributed by atoms with Crippen molar-refractivity contribution in [1.82, 2.24) is 29.3 Å². The smallest absolute Gasteiger partial charge is 0.434 e. The number of benzene rings is 1. The predicted octanol–water partition coefficient (Wildman–Crippen LogP) is 5.39. The molecule has 1 saturated carbocycles. The van der Waals surface area contributed by atoms with Gasteiger partial charge in [-0.1, -0.05) is 35.9 Å². The lowest BCUT2D eigenvalue weighted by Gasteiger charge is -2.21. The number of nitrogens with zero attached hydrogens (tertiary/aromatic N) is 7. The summed E-state index contributed by atoms with van der Waals surface area (Å²) in [4.78, 5) is 14.9. The molecule has 1 aliphatic carbocycles. The Morgan fingerprint density at radius 3 is 2.47 bits per heavy atom. The van der Waals surface area contributed by atoms with Crippen LogP contribution in [0.5, 0.6) is 5.75 Å². The second-order valence-electron chi connectivity index (χ2n) is 8.71. The average Bonchev–Trinajstić information content (AvgIpc) is 3.50. The van der Waals surface area contributed by atoms with Crippen LogP contribution in [0.4, 0.5) is 19.0 Å². The van der Waals surface area contributed by atoms with Gasteiger partial charge in [-0.3, -0.25) is 4.68 Å². The van der Waals surface area contributed by atoms with Crippen LogP contribution in [0, 0.1) is 0 Å². The second-order valence-corrected chi connectivity index (χ2v) is 9.12. The van der Waals surface area contributed by atoms with E-state index in [1.807, 2.05) is 28.8 Å². The zero-order valence-corrected chi connectivity index (χ0v) is 20.5. The van der Waals surface area contributed by atoms with Gasteiger partial charge >= 0.3 is 6.18 Å². The van der Waals surface area contributed by atoms with Gasteiger partial charge in [0.1, 0.15) is 11.5 Å². The molecular formula is C24H23ClF3N7O. The van der Waals surface area contributed by atoms with E-state index in [9.17, 15) is 13.2 Å². The van der Waals surface area contributed by atoms with E-state index in [4.69, 9.17) is 21.3 Å². The molecule has 3 heterocycles. The molecule has 1 aromatic carbocycles. The van der Waals surface area contributed by atoms with E-state index >= 15 is 0 Å². The van der Waals surface area contributed by atoms with Crippen molar-refractivity contribution in [2.45, 2.75) is 31.6 Å². The Hall–Kier alpha value is -3.60. The van der Waals surface area contributed by atoms with Gasteiger partial charge in [0.2, 0.25) is 0 Å². The molecule has 0 spiro atoms. The molecule has 0 atom stereocenters. The minimum absolute atomic E-state index is 0.244. The van der Waals surface area contributed by atoms with Gasteiger partial charge in [0, 0.05) is 32.4 Å². The Labute approximate surface area is 210 Å². The first-order valence-corrected chi connectivity index (χ1v) is 11.6. The lowest BCUT2D eigenvalue weighted by Crippen LogP contribution is -2.19. The van der Waals surface area contributed by atoms with Crippen LogP contribution in [0.2, 0.25) is 5.02 Å². The highest BCUT2D eigenvalue weighted by Crippen LogP contribution is 2.40. The third kappa shape index (κ3) is 4.62. The Morgan fingerprint density at radius 1 is 1.14 bits per heavy atom. The number of halogens is 4. The summed E-state index contributed by atoms with van der Waals surface area (Å²) < 4.78 is 47.8. The van der Waals surface area contributed by atoms with Gasteiger partial charge in [0.25, 0.3) is 0 Å². The van der Waals surface area contributed by atoms with Crippen LogP contribution in [0.1, 0.15) is 30.1 Å². The van der Waals surface area contributed by atoms with Crippen molar-refractivity contribution in [3.63, 3.8) is 0 Å². The molecule has 3 aromatic heterocycles. The van der Waals surface area contributed by atoms with Crippen molar-refractivity contribution in [2.24, 2.45) is 7.05 Å². The molecule has 0 amide bonds. The first-order valence-electron chi connectivity index (χ1n) is 11.2. The van der Waals surface area contributed by atoms with E-state index in [0.29, 0.717) is 46.3 Å². The molecular weight excluding hydrogens is 495 g/mol. The Bertz CT molecular complexity index is 1390. The van der Waals surface area contributed by atoms with Gasteiger partial charge in [-0.05, 0) is 18.4 Å². The number of anilines is 1. The van der Waals surface area contributed by atoms with Crippen molar-refractivity contribution in [3.05, 3.63) is 59.1 Å². The molecule has 1 aliphatic rings. The third-order valence-electron chi connectivity index (χ3n) is 5.97. The molecule has 36 heavy (non-hydrogen) atoms. The highest BCUT2D eigenvalue weighted by molar-refractivity contribution is 6.32. The molecule has 12 heteroatoms. The monoisotopic (exact) mass is 517 g/mol. The number of hydrogen-bond acceptors (Lipinski definition) is 6. The zero-order chi connectivity index (χ0) is 25.6. The number of methoxy groups -OCH3 is 1. The van der Waals surface area contributed by atoms with Crippen LogP contribution < -0.4 is 9.64 Å². The minimum Gasteiger partial charge on any atom is -0.491 e. The standard InChI is InChI=1S/C24H23ClF3N7O/c1-33(12-14-4-6-15(7-5-14)22-31-19(13-34(22)2)24(26,27)28)23-18(36-3)11-29-21(32-23)20-17(25)10-30-35(20)16-8-9-16/h4-7,10-11,13,16H,8-9,12H2,1-3H3. The predicted molar refractivity (Wildman–Crippen MR) is 129 cm³/mol. The molecule has 0 N–H and O–H groups in total. The van der Waals surface area contributed by atoms with E-state index in [-0.39, 0.29) is 5.82 Å². The quantitative estimate of drug-likeness (QED) is 0.327. The Kier molecular flexibility index (Phi) is 6.11. The number of rotatable bonds is 7. The summed E-state index contributed by atoms with van der Waals surface area (Å²) >= 11 is 6.41. The molecule has 0 radical (unpaired) electrons. The van der Waals surface area contributed by atoms with Crippen LogP contribution in [-0.2, 0) is 19.8 Å². The van der Waals surface area contributed by atoms with Gasteiger partial charge in [-0.15, -0.1) is 0 Å². The van der Waals surface area contributed by atoms with Crippen LogP contribution >= 0.6 is 11.6 Å². The van der Waals surface area contributed by atoms with Crippen molar-refractivity contribution in [3.8, 4) is 28.7 Å². The Morgan fingerprint density at radius 2 is 1.86 bits per heavy atom. The highest BCUT2D eigenvalue weighted by Gasteiger charge is 2.34. The van der Waals surface area contributed by atoms with Crippen LogP contribution in [0.3, 0.4) is 0 Å². The zero-order valence-electron chi connectivity index (χ0n) is 19.8. The largest absolute Gasteiger partial charge is 0.491 e. The van der Waals surface area contributed by atoms with Gasteiger partial charge in [0.15, 0.2) is 23.1 Å². The first-order chi connectivity index (χ1) is 17.2. The summed E-state index contributed by atoms with van der Waals surface area (Å²) in [5, 5.41) is 4.87. The molecule has 188 valence electrons. The second kappa shape index (κ2) is 9.12. The lowest BCUT2D eigenvalue weighted by atomic mass is 10.1. The molecule has 5 rings (SSSR count). The van der Waals surface area contributed by atoms with E-state index in [0.717, 1.165) is 24.6 Å². The summed E-state index contributed by atoms with van der Waals surface area (Å²) in [6.45, 7) is 0.469. The van der Waals surface area contributed by atoms with Gasteiger partial charge in [-0.2, -0.15) is 18.3 Å². The molecule has 8 nitrogen and oxygen atoms in total. The van der Waals surface area contributed by atoms with Gasteiger partial charge < -0.3 is 14.2 Å². The number of ether oxygens (including phenoxy) is 1. The number of imidazole rings is 1. The number of hydrogen-bond donors (Lipinski definition) is 0. The van der Waals surface area contributed by atoms with E-state index in [2.05, 4.69) is 15.1 Å². The molecule has 0 aliphatic heterocycles. The summed E-state index contributed by atoms with van der Waals surface area (Å²) in [7, 11) is 4.96. The van der Waals surface area contributed by atoms with E-state index < -0.39 is 11.9 Å². The van der Waals surface area contributed by atoms with Gasteiger partial charge in [0.05, 0.1) is 30.6 Å². The first kappa shape index (κ1) is 24.1. The maximum Gasteiger partial charge on any atom is 0.434 e. The number of alkyl halides is 3. The minimum atomic E-state index is -4.49. The number of aryl methyl sites for hydroxylation is 1. The fourth-order valence-electron chi connectivity index (χ4n) is 4.02. The van der Waals surface area contributed by atoms with Crippen LogP contribution in [0.15, 0.2) is 42.9 Å². The van der Waals surface area contributed by atoms with Crippen LogP contribution in [0.25, 0.3) is 22.9 Å². The molecule has 1 fully saturated rings. The molecule has 4 aromatic rings. The lowest BCUT2D eigenvalue weighted by molar-refractivity contribution is -0.140. The fourth-order valence-corrected chi connectivity index (χ4v) is 4.23. The van der Waals surface area contributed by atoms with Gasteiger partial charge in [-0.25, -0.2) is 15.0 Å². The van der Waals surface area contributed by atoms with E-state index in [1.165, 1.54) is 4.57 Å². The Balaban J connectivity index is 1.39. The van der Waals surface area contributed by atoms with E-state index in [1.54, 1.807) is 38.7 Å². The summed E-state index contributed by atoms with van der Waals surface area (Å²) in [5.41, 5.74) is 1.27. The molecule has 0 unspecified atom stereocenters. The SMILES string of the molecule is COc1cnc(-c2c(Cl)cnn2C2CC2)nc1N(C)Cc1ccc(-c2nc(C(F)(F)F)cn2C)cc1. The van der Waals surface area contributed by atoms with Crippen molar-refractivity contribution < 1.29 is 17.9 Å². The molecule has 0 saturated heterocycles. The van der Waals surface area contributed by atoms with Crippen LogP contribution in [-0.4, -0.2) is 43.5 Å². The van der Waals surface area contributed by atoms with Crippen molar-refractivity contribution >= 4 is 17.4 Å². The fraction of sp³-hybridized carbons (Fsp3) is 0.333. The highest BCUT2D eigenvalue weighted by atomic mass is 35.5. The normalized spacial score (nSPS) is 13.8. The molecule has 0 bridgehead atoms.